The Balaban J connectivity index is 1.33. The molecule has 5 aromatic rings. The standard InChI is InChI=1S/C30H34N8/c1-19(13-30(2,3)4)34-22-10-20(14-31-16-22)21-11-24-28(36-37-29(24)33-15-21)25-12-23-26(35-25)17-32-18-27(23)38-8-6-5-7-9-38/h10-12,14-18,34-35H,1,5-9,13H2,2-4H3,(H,33,36,37). The molecule has 1 aliphatic heterocycles. The summed E-state index contributed by atoms with van der Waals surface area (Å²) in [6, 6.07) is 6.41. The molecule has 3 N–H and O–H groups in total. The van der Waals surface area contributed by atoms with Gasteiger partial charge in [0.1, 0.15) is 0 Å². The lowest BCUT2D eigenvalue weighted by atomic mass is 9.91. The Kier molecular flexibility index (Phi) is 6.10. The molecule has 0 atom stereocenters. The van der Waals surface area contributed by atoms with Crippen molar-refractivity contribution in [2.24, 2.45) is 5.41 Å². The molecule has 8 nitrogen and oxygen atoms in total. The lowest BCUT2D eigenvalue weighted by Crippen LogP contribution is -2.29. The Labute approximate surface area is 222 Å². The van der Waals surface area contributed by atoms with Gasteiger partial charge in [0, 0.05) is 53.1 Å². The highest BCUT2D eigenvalue weighted by Crippen LogP contribution is 2.35. The zero-order valence-electron chi connectivity index (χ0n) is 22.3. The summed E-state index contributed by atoms with van der Waals surface area (Å²) in [7, 11) is 0. The topological polar surface area (TPSA) is 98.4 Å². The van der Waals surface area contributed by atoms with Gasteiger partial charge in [-0.15, -0.1) is 0 Å². The average Bonchev–Trinajstić information content (AvgIpc) is 3.51. The molecule has 0 saturated carbocycles. The quantitative estimate of drug-likeness (QED) is 0.231. The normalized spacial score (nSPS) is 14.3. The van der Waals surface area contributed by atoms with Gasteiger partial charge >= 0.3 is 0 Å². The molecule has 1 fully saturated rings. The number of nitrogens with zero attached hydrogens (tertiary/aromatic N) is 5. The first kappa shape index (κ1) is 24.2. The second kappa shape index (κ2) is 9.59. The number of hydrogen-bond donors (Lipinski definition) is 3. The first-order valence-corrected chi connectivity index (χ1v) is 13.3. The van der Waals surface area contributed by atoms with E-state index < -0.39 is 0 Å². The summed E-state index contributed by atoms with van der Waals surface area (Å²) in [6.45, 7) is 13.0. The van der Waals surface area contributed by atoms with E-state index in [1.165, 1.54) is 30.3 Å². The van der Waals surface area contributed by atoms with E-state index in [0.29, 0.717) is 5.65 Å². The number of nitrogens with one attached hydrogen (secondary N) is 3. The number of hydrogen-bond acceptors (Lipinski definition) is 6. The van der Waals surface area contributed by atoms with Crippen molar-refractivity contribution in [1.82, 2.24) is 30.1 Å². The number of piperidine rings is 1. The smallest absolute Gasteiger partial charge is 0.181 e. The molecule has 0 bridgehead atoms. The van der Waals surface area contributed by atoms with Crippen molar-refractivity contribution < 1.29 is 0 Å². The van der Waals surface area contributed by atoms with Crippen LogP contribution in [0.15, 0.2) is 61.5 Å². The molecule has 0 amide bonds. The van der Waals surface area contributed by atoms with Gasteiger partial charge in [-0.1, -0.05) is 27.4 Å². The minimum Gasteiger partial charge on any atom is -0.370 e. The maximum Gasteiger partial charge on any atom is 0.181 e. The molecule has 1 saturated heterocycles. The molecule has 0 aromatic carbocycles. The van der Waals surface area contributed by atoms with E-state index in [9.17, 15) is 0 Å². The highest BCUT2D eigenvalue weighted by molar-refractivity contribution is 5.99. The fraction of sp³-hybridized carbons (Fsp3) is 0.333. The minimum atomic E-state index is 0.162. The van der Waals surface area contributed by atoms with Crippen molar-refractivity contribution in [2.75, 3.05) is 23.3 Å². The van der Waals surface area contributed by atoms with E-state index in [2.05, 4.69) is 85.9 Å². The van der Waals surface area contributed by atoms with Gasteiger partial charge in [0.15, 0.2) is 5.65 Å². The predicted octanol–water partition coefficient (Wildman–Crippen LogP) is 6.92. The van der Waals surface area contributed by atoms with E-state index in [4.69, 9.17) is 0 Å². The van der Waals surface area contributed by atoms with Crippen LogP contribution in [-0.2, 0) is 0 Å². The van der Waals surface area contributed by atoms with Crippen molar-refractivity contribution in [3.8, 4) is 22.5 Å². The van der Waals surface area contributed by atoms with Crippen molar-refractivity contribution in [3.63, 3.8) is 0 Å². The summed E-state index contributed by atoms with van der Waals surface area (Å²) in [6.07, 6.45) is 14.0. The number of fused-ring (bicyclic) bond motifs is 2. The van der Waals surface area contributed by atoms with Crippen LogP contribution in [0.2, 0.25) is 0 Å². The number of allylic oxidation sites excluding steroid dienone is 1. The fourth-order valence-electron chi connectivity index (χ4n) is 5.38. The fourth-order valence-corrected chi connectivity index (χ4v) is 5.38. The van der Waals surface area contributed by atoms with Gasteiger partial charge in [-0.2, -0.15) is 5.10 Å². The Morgan fingerprint density at radius 2 is 1.74 bits per heavy atom. The van der Waals surface area contributed by atoms with Crippen molar-refractivity contribution >= 4 is 33.3 Å². The minimum absolute atomic E-state index is 0.162. The largest absolute Gasteiger partial charge is 0.370 e. The monoisotopic (exact) mass is 506 g/mol. The molecule has 0 aliphatic carbocycles. The molecule has 0 unspecified atom stereocenters. The molecule has 6 rings (SSSR count). The van der Waals surface area contributed by atoms with Gasteiger partial charge in [0.25, 0.3) is 0 Å². The van der Waals surface area contributed by atoms with Crippen LogP contribution in [0.4, 0.5) is 11.4 Å². The molecule has 38 heavy (non-hydrogen) atoms. The molecule has 6 heterocycles. The van der Waals surface area contributed by atoms with Crippen LogP contribution < -0.4 is 10.2 Å². The van der Waals surface area contributed by atoms with Crippen LogP contribution in [0.1, 0.15) is 46.5 Å². The summed E-state index contributed by atoms with van der Waals surface area (Å²) >= 11 is 0. The Bertz CT molecular complexity index is 1610. The molecular weight excluding hydrogens is 472 g/mol. The Hall–Kier alpha value is -4.20. The molecule has 194 valence electrons. The van der Waals surface area contributed by atoms with E-state index >= 15 is 0 Å². The van der Waals surface area contributed by atoms with Crippen LogP contribution in [0.3, 0.4) is 0 Å². The summed E-state index contributed by atoms with van der Waals surface area (Å²) in [4.78, 5) is 19.6. The van der Waals surface area contributed by atoms with Crippen molar-refractivity contribution in [2.45, 2.75) is 46.5 Å². The number of H-pyrrole nitrogens is 2. The lowest BCUT2D eigenvalue weighted by Gasteiger charge is -2.28. The predicted molar refractivity (Wildman–Crippen MR) is 155 cm³/mol. The Morgan fingerprint density at radius 3 is 2.55 bits per heavy atom. The molecule has 0 radical (unpaired) electrons. The van der Waals surface area contributed by atoms with E-state index in [-0.39, 0.29) is 5.41 Å². The van der Waals surface area contributed by atoms with Crippen LogP contribution >= 0.6 is 0 Å². The van der Waals surface area contributed by atoms with Gasteiger partial charge in [0.05, 0.1) is 46.9 Å². The maximum atomic E-state index is 4.65. The number of aromatic amines is 2. The zero-order valence-corrected chi connectivity index (χ0v) is 22.3. The molecule has 1 aliphatic rings. The van der Waals surface area contributed by atoms with Gasteiger partial charge in [-0.25, -0.2) is 4.98 Å². The lowest BCUT2D eigenvalue weighted by molar-refractivity contribution is 0.411. The van der Waals surface area contributed by atoms with E-state index in [1.807, 2.05) is 31.0 Å². The van der Waals surface area contributed by atoms with Crippen molar-refractivity contribution in [1.29, 1.82) is 0 Å². The number of aromatic nitrogens is 6. The van der Waals surface area contributed by atoms with Gasteiger partial charge in [-0.05, 0) is 49.3 Å². The first-order valence-electron chi connectivity index (χ1n) is 13.3. The molecule has 0 spiro atoms. The summed E-state index contributed by atoms with van der Waals surface area (Å²) in [5.41, 5.74) is 8.78. The third-order valence-corrected chi connectivity index (χ3v) is 7.04. The average molecular weight is 507 g/mol. The van der Waals surface area contributed by atoms with E-state index in [0.717, 1.165) is 64.3 Å². The van der Waals surface area contributed by atoms with Crippen LogP contribution in [0, 0.1) is 5.41 Å². The SMILES string of the molecule is C=C(CC(C)(C)C)Nc1cncc(-c2cnc3n[nH]c(-c4cc5c(N6CCCCC6)cncc5[nH]4)c3c2)c1. The zero-order chi connectivity index (χ0) is 26.3. The van der Waals surface area contributed by atoms with Crippen molar-refractivity contribution in [3.05, 3.63) is 61.5 Å². The first-order chi connectivity index (χ1) is 18.3. The molecule has 5 aromatic heterocycles. The highest BCUT2D eigenvalue weighted by atomic mass is 15.2. The third-order valence-electron chi connectivity index (χ3n) is 7.04. The van der Waals surface area contributed by atoms with Crippen LogP contribution in [0.25, 0.3) is 44.5 Å². The summed E-state index contributed by atoms with van der Waals surface area (Å²) in [5, 5.41) is 13.2. The second-order valence-electron chi connectivity index (χ2n) is 11.5. The molecule has 8 heteroatoms. The van der Waals surface area contributed by atoms with Crippen LogP contribution in [-0.4, -0.2) is 43.2 Å². The van der Waals surface area contributed by atoms with Gasteiger partial charge in [-0.3, -0.25) is 15.1 Å². The maximum absolute atomic E-state index is 4.65. The van der Waals surface area contributed by atoms with Gasteiger partial charge in [0.2, 0.25) is 0 Å². The number of pyridine rings is 3. The highest BCUT2D eigenvalue weighted by Gasteiger charge is 2.18. The second-order valence-corrected chi connectivity index (χ2v) is 11.5. The van der Waals surface area contributed by atoms with E-state index in [1.54, 1.807) is 0 Å². The number of anilines is 2. The third kappa shape index (κ3) is 4.86. The van der Waals surface area contributed by atoms with Gasteiger partial charge < -0.3 is 15.2 Å². The Morgan fingerprint density at radius 1 is 0.947 bits per heavy atom. The number of rotatable bonds is 6. The summed E-state index contributed by atoms with van der Waals surface area (Å²) in [5.74, 6) is 0. The van der Waals surface area contributed by atoms with Crippen LogP contribution in [0.5, 0.6) is 0 Å². The molecular formula is C30H34N8. The summed E-state index contributed by atoms with van der Waals surface area (Å²) < 4.78 is 0.